The second-order valence-corrected chi connectivity index (χ2v) is 6.04. The summed E-state index contributed by atoms with van der Waals surface area (Å²) in [6.07, 6.45) is 4.60. The SMILES string of the molecule is COCCCNc1nccn1-c1cc(OC)c(Br)cc1Br. The van der Waals surface area contributed by atoms with Crippen molar-refractivity contribution in [3.05, 3.63) is 33.5 Å². The molecule has 1 N–H and O–H groups in total. The zero-order valence-corrected chi connectivity index (χ0v) is 15.1. The van der Waals surface area contributed by atoms with Crippen LogP contribution in [0.1, 0.15) is 6.42 Å². The summed E-state index contributed by atoms with van der Waals surface area (Å²) < 4.78 is 14.2. The summed E-state index contributed by atoms with van der Waals surface area (Å²) in [5.41, 5.74) is 0.960. The Morgan fingerprint density at radius 1 is 1.24 bits per heavy atom. The monoisotopic (exact) mass is 417 g/mol. The van der Waals surface area contributed by atoms with Crippen LogP contribution in [0, 0.1) is 0 Å². The molecule has 0 bridgehead atoms. The van der Waals surface area contributed by atoms with E-state index < -0.39 is 0 Å². The van der Waals surface area contributed by atoms with Crippen molar-refractivity contribution in [2.45, 2.75) is 6.42 Å². The zero-order valence-electron chi connectivity index (χ0n) is 11.9. The third-order valence-electron chi connectivity index (χ3n) is 2.93. The molecule has 0 amide bonds. The fourth-order valence-corrected chi connectivity index (χ4v) is 3.25. The van der Waals surface area contributed by atoms with Gasteiger partial charge in [0.25, 0.3) is 0 Å². The number of methoxy groups -OCH3 is 2. The summed E-state index contributed by atoms with van der Waals surface area (Å²) in [4.78, 5) is 4.35. The Hall–Kier alpha value is -1.05. The van der Waals surface area contributed by atoms with Crippen LogP contribution in [0.25, 0.3) is 5.69 Å². The van der Waals surface area contributed by atoms with Gasteiger partial charge >= 0.3 is 0 Å². The zero-order chi connectivity index (χ0) is 15.2. The van der Waals surface area contributed by atoms with Crippen LogP contribution in [0.2, 0.25) is 0 Å². The number of aromatic nitrogens is 2. The number of nitrogens with one attached hydrogen (secondary N) is 1. The third kappa shape index (κ3) is 3.99. The van der Waals surface area contributed by atoms with Crippen LogP contribution in [0.5, 0.6) is 5.75 Å². The number of hydrogen-bond acceptors (Lipinski definition) is 4. The van der Waals surface area contributed by atoms with Gasteiger partial charge in [0.1, 0.15) is 5.75 Å². The fraction of sp³-hybridized carbons (Fsp3) is 0.357. The molecule has 1 aromatic heterocycles. The van der Waals surface area contributed by atoms with Gasteiger partial charge in [-0.2, -0.15) is 0 Å². The standard InChI is InChI=1S/C14H17Br2N3O2/c1-20-7-3-4-17-14-18-5-6-19(14)12-9-13(21-2)11(16)8-10(12)15/h5-6,8-9H,3-4,7H2,1-2H3,(H,17,18). The predicted molar refractivity (Wildman–Crippen MR) is 90.5 cm³/mol. The lowest BCUT2D eigenvalue weighted by molar-refractivity contribution is 0.197. The Morgan fingerprint density at radius 2 is 2.05 bits per heavy atom. The van der Waals surface area contributed by atoms with Gasteiger partial charge in [0, 0.05) is 43.2 Å². The van der Waals surface area contributed by atoms with Crippen molar-refractivity contribution in [2.24, 2.45) is 0 Å². The number of halogens is 2. The van der Waals surface area contributed by atoms with E-state index in [1.165, 1.54) is 0 Å². The second kappa shape index (κ2) is 7.82. The molecule has 7 heteroatoms. The van der Waals surface area contributed by atoms with Gasteiger partial charge in [-0.05, 0) is 44.3 Å². The molecule has 1 heterocycles. The summed E-state index contributed by atoms with van der Waals surface area (Å²) in [5, 5.41) is 3.30. The highest BCUT2D eigenvalue weighted by molar-refractivity contribution is 9.11. The first-order valence-electron chi connectivity index (χ1n) is 6.47. The minimum atomic E-state index is 0.726. The van der Waals surface area contributed by atoms with E-state index in [9.17, 15) is 0 Å². The summed E-state index contributed by atoms with van der Waals surface area (Å²) in [7, 11) is 3.35. The second-order valence-electron chi connectivity index (χ2n) is 4.33. The molecule has 0 radical (unpaired) electrons. The van der Waals surface area contributed by atoms with Gasteiger partial charge in [-0.25, -0.2) is 4.98 Å². The number of anilines is 1. The lowest BCUT2D eigenvalue weighted by atomic mass is 10.3. The third-order valence-corrected chi connectivity index (χ3v) is 4.18. The molecule has 0 aliphatic rings. The van der Waals surface area contributed by atoms with Crippen molar-refractivity contribution in [1.29, 1.82) is 0 Å². The van der Waals surface area contributed by atoms with E-state index in [1.807, 2.05) is 22.9 Å². The van der Waals surface area contributed by atoms with E-state index in [4.69, 9.17) is 9.47 Å². The number of rotatable bonds is 7. The molecule has 0 spiro atoms. The number of hydrogen-bond donors (Lipinski definition) is 1. The fourth-order valence-electron chi connectivity index (χ4n) is 1.90. The first-order chi connectivity index (χ1) is 10.2. The van der Waals surface area contributed by atoms with Crippen LogP contribution in [-0.2, 0) is 4.74 Å². The van der Waals surface area contributed by atoms with Crippen LogP contribution in [0.4, 0.5) is 5.95 Å². The van der Waals surface area contributed by atoms with Gasteiger partial charge in [0.15, 0.2) is 0 Å². The van der Waals surface area contributed by atoms with E-state index in [0.29, 0.717) is 0 Å². The van der Waals surface area contributed by atoms with E-state index >= 15 is 0 Å². The normalized spacial score (nSPS) is 10.7. The van der Waals surface area contributed by atoms with Crippen molar-refractivity contribution in [3.8, 4) is 11.4 Å². The largest absolute Gasteiger partial charge is 0.495 e. The Morgan fingerprint density at radius 3 is 2.76 bits per heavy atom. The van der Waals surface area contributed by atoms with Crippen LogP contribution in [-0.4, -0.2) is 36.9 Å². The van der Waals surface area contributed by atoms with Crippen molar-refractivity contribution in [1.82, 2.24) is 9.55 Å². The Bertz CT molecular complexity index is 602. The minimum Gasteiger partial charge on any atom is -0.495 e. The van der Waals surface area contributed by atoms with E-state index in [2.05, 4.69) is 42.2 Å². The molecule has 0 saturated carbocycles. The van der Waals surface area contributed by atoms with Gasteiger partial charge in [0.05, 0.1) is 17.3 Å². The summed E-state index contributed by atoms with van der Waals surface area (Å²) in [5.74, 6) is 1.56. The van der Waals surface area contributed by atoms with Gasteiger partial charge < -0.3 is 14.8 Å². The maximum atomic E-state index is 5.35. The molecule has 0 atom stereocenters. The average Bonchev–Trinajstić information content (AvgIpc) is 2.92. The lowest BCUT2D eigenvalue weighted by Gasteiger charge is -2.13. The van der Waals surface area contributed by atoms with Gasteiger partial charge in [0.2, 0.25) is 5.95 Å². The lowest BCUT2D eigenvalue weighted by Crippen LogP contribution is -2.09. The Labute approximate surface area is 140 Å². The van der Waals surface area contributed by atoms with Crippen molar-refractivity contribution in [3.63, 3.8) is 0 Å². The quantitative estimate of drug-likeness (QED) is 0.693. The number of benzene rings is 1. The molecule has 0 unspecified atom stereocenters. The topological polar surface area (TPSA) is 48.3 Å². The first kappa shape index (κ1) is 16.3. The smallest absolute Gasteiger partial charge is 0.207 e. The Kier molecular flexibility index (Phi) is 6.08. The molecular formula is C14H17Br2N3O2. The van der Waals surface area contributed by atoms with Gasteiger partial charge in [-0.3, -0.25) is 4.57 Å². The maximum absolute atomic E-state index is 5.35. The molecule has 21 heavy (non-hydrogen) atoms. The molecule has 0 aliphatic heterocycles. The van der Waals surface area contributed by atoms with E-state index in [1.54, 1.807) is 20.4 Å². The van der Waals surface area contributed by atoms with Crippen LogP contribution in [0.15, 0.2) is 33.5 Å². The van der Waals surface area contributed by atoms with Crippen molar-refractivity contribution in [2.75, 3.05) is 32.7 Å². The predicted octanol–water partition coefficient (Wildman–Crippen LogP) is 3.85. The molecular weight excluding hydrogens is 402 g/mol. The highest BCUT2D eigenvalue weighted by atomic mass is 79.9. The first-order valence-corrected chi connectivity index (χ1v) is 8.05. The van der Waals surface area contributed by atoms with Crippen molar-refractivity contribution >= 4 is 37.8 Å². The van der Waals surface area contributed by atoms with Gasteiger partial charge in [-0.15, -0.1) is 0 Å². The van der Waals surface area contributed by atoms with E-state index in [0.717, 1.165) is 45.9 Å². The maximum Gasteiger partial charge on any atom is 0.207 e. The number of ether oxygens (including phenoxy) is 2. The molecule has 114 valence electrons. The molecule has 0 fully saturated rings. The number of nitrogens with zero attached hydrogens (tertiary/aromatic N) is 2. The van der Waals surface area contributed by atoms with Crippen LogP contribution < -0.4 is 10.1 Å². The molecule has 0 saturated heterocycles. The average molecular weight is 419 g/mol. The molecule has 2 rings (SSSR count). The van der Waals surface area contributed by atoms with Crippen molar-refractivity contribution < 1.29 is 9.47 Å². The Balaban J connectivity index is 2.24. The molecule has 1 aromatic carbocycles. The molecule has 5 nitrogen and oxygen atoms in total. The summed E-state index contributed by atoms with van der Waals surface area (Å²) in [6, 6.07) is 3.92. The number of imidazole rings is 1. The highest BCUT2D eigenvalue weighted by Gasteiger charge is 2.12. The molecule has 2 aromatic rings. The van der Waals surface area contributed by atoms with Crippen LogP contribution in [0.3, 0.4) is 0 Å². The van der Waals surface area contributed by atoms with E-state index in [-0.39, 0.29) is 0 Å². The summed E-state index contributed by atoms with van der Waals surface area (Å²) in [6.45, 7) is 1.53. The van der Waals surface area contributed by atoms with Crippen LogP contribution >= 0.6 is 31.9 Å². The van der Waals surface area contributed by atoms with Gasteiger partial charge in [-0.1, -0.05) is 0 Å². The summed E-state index contributed by atoms with van der Waals surface area (Å²) >= 11 is 7.05. The minimum absolute atomic E-state index is 0.726. The highest BCUT2D eigenvalue weighted by Crippen LogP contribution is 2.34. The molecule has 0 aliphatic carbocycles.